The Kier molecular flexibility index (Phi) is 14.1. The zero-order valence-electron chi connectivity index (χ0n) is 19.5. The largest absolute Gasteiger partial charge is 0.481 e. The second kappa shape index (κ2) is 16.7. The molecule has 0 spiro atoms. The second-order valence-electron chi connectivity index (χ2n) is 7.65. The minimum Gasteiger partial charge on any atom is -0.481 e. The van der Waals surface area contributed by atoms with Gasteiger partial charge in [0.15, 0.2) is 0 Å². The first-order chi connectivity index (χ1) is 17.1. The standard InChI is InChI=1S/C20H31FN6O9/c21-8-10-36-12-27-11-13(25-26-27)4-6-16(28)22-9-2-1-3-14(18(31)32)23-20(35)24-15(19(33)34)5-7-17(29)30/h11,14-15H,1-10,12H2,(H,22,28)(H,29,30)(H,31,32)(H,33,34)(H2,23,24,35)/t14-,15-/m0/s1. The Bertz CT molecular complexity index is 882. The number of unbranched alkanes of at least 4 members (excludes halogenated alkanes) is 1. The molecule has 6 N–H and O–H groups in total. The smallest absolute Gasteiger partial charge is 0.326 e. The number of rotatable bonds is 19. The average molecular weight is 518 g/mol. The number of carbonyl (C=O) groups is 5. The number of halogens is 1. The number of nitrogens with zero attached hydrogens (tertiary/aromatic N) is 3. The highest BCUT2D eigenvalue weighted by Crippen LogP contribution is 2.04. The van der Waals surface area contributed by atoms with E-state index in [1.54, 1.807) is 6.20 Å². The van der Waals surface area contributed by atoms with E-state index in [0.717, 1.165) is 0 Å². The van der Waals surface area contributed by atoms with Crippen LogP contribution in [0.2, 0.25) is 0 Å². The molecule has 15 nitrogen and oxygen atoms in total. The van der Waals surface area contributed by atoms with Crippen LogP contribution in [0.15, 0.2) is 6.20 Å². The van der Waals surface area contributed by atoms with Gasteiger partial charge in [-0.05, 0) is 25.7 Å². The summed E-state index contributed by atoms with van der Waals surface area (Å²) < 4.78 is 18.4. The van der Waals surface area contributed by atoms with E-state index in [1.807, 2.05) is 5.32 Å². The van der Waals surface area contributed by atoms with Crippen LogP contribution < -0.4 is 16.0 Å². The third-order valence-electron chi connectivity index (χ3n) is 4.73. The molecule has 1 aromatic rings. The predicted molar refractivity (Wildman–Crippen MR) is 119 cm³/mol. The Morgan fingerprint density at radius 2 is 1.67 bits per heavy atom. The van der Waals surface area contributed by atoms with Gasteiger partial charge in [0.05, 0.1) is 18.5 Å². The van der Waals surface area contributed by atoms with Crippen molar-refractivity contribution in [2.75, 3.05) is 19.8 Å². The van der Waals surface area contributed by atoms with Gasteiger partial charge in [-0.15, -0.1) is 5.10 Å². The number of aliphatic carboxylic acids is 3. The molecule has 0 unspecified atom stereocenters. The fraction of sp³-hybridized carbons (Fsp3) is 0.650. The number of urea groups is 1. The number of carboxylic acids is 3. The maximum Gasteiger partial charge on any atom is 0.326 e. The van der Waals surface area contributed by atoms with Crippen LogP contribution in [0, 0.1) is 0 Å². The van der Waals surface area contributed by atoms with E-state index in [-0.39, 0.29) is 45.1 Å². The lowest BCUT2D eigenvalue weighted by atomic mass is 10.1. The summed E-state index contributed by atoms with van der Waals surface area (Å²) in [6.45, 7) is -0.318. The Morgan fingerprint density at radius 1 is 1.00 bits per heavy atom. The van der Waals surface area contributed by atoms with Crippen LogP contribution >= 0.6 is 0 Å². The number of carboxylic acid groups (broad SMARTS) is 3. The summed E-state index contributed by atoms with van der Waals surface area (Å²) in [6, 6.07) is -3.82. The molecule has 0 aromatic carbocycles. The van der Waals surface area contributed by atoms with Crippen molar-refractivity contribution in [1.29, 1.82) is 0 Å². The summed E-state index contributed by atoms with van der Waals surface area (Å²) in [7, 11) is 0. The average Bonchev–Trinajstić information content (AvgIpc) is 3.26. The SMILES string of the molecule is O=C(O)CC[C@H](NC(=O)N[C@@H](CCCCNC(=O)CCc1cn(COCCF)nn1)C(=O)O)C(=O)O. The van der Waals surface area contributed by atoms with Gasteiger partial charge in [-0.3, -0.25) is 9.59 Å². The highest BCUT2D eigenvalue weighted by molar-refractivity contribution is 5.86. The van der Waals surface area contributed by atoms with Gasteiger partial charge < -0.3 is 36.0 Å². The van der Waals surface area contributed by atoms with E-state index in [4.69, 9.17) is 14.9 Å². The van der Waals surface area contributed by atoms with Gasteiger partial charge in [0.2, 0.25) is 5.91 Å². The molecule has 0 saturated carbocycles. The molecule has 16 heteroatoms. The summed E-state index contributed by atoms with van der Waals surface area (Å²) in [5, 5.41) is 41.6. The molecule has 0 radical (unpaired) electrons. The molecule has 2 atom stereocenters. The minimum absolute atomic E-state index is 0.0269. The highest BCUT2D eigenvalue weighted by Gasteiger charge is 2.24. The first-order valence-corrected chi connectivity index (χ1v) is 11.2. The van der Waals surface area contributed by atoms with E-state index in [9.17, 15) is 33.5 Å². The van der Waals surface area contributed by atoms with Crippen molar-refractivity contribution in [3.8, 4) is 0 Å². The fourth-order valence-corrected chi connectivity index (χ4v) is 2.90. The number of carbonyl (C=O) groups excluding carboxylic acids is 2. The van der Waals surface area contributed by atoms with E-state index in [0.29, 0.717) is 25.0 Å². The Hall–Kier alpha value is -3.82. The maximum absolute atomic E-state index is 12.0. The molecule has 0 aliphatic carbocycles. The Labute approximate surface area is 205 Å². The summed E-state index contributed by atoms with van der Waals surface area (Å²) in [5.41, 5.74) is 0.566. The van der Waals surface area contributed by atoms with Crippen LogP contribution in [-0.4, -0.2) is 92.1 Å². The molecular formula is C20H31FN6O9. The van der Waals surface area contributed by atoms with Gasteiger partial charge in [-0.1, -0.05) is 5.21 Å². The molecule has 36 heavy (non-hydrogen) atoms. The molecule has 1 aromatic heterocycles. The Morgan fingerprint density at radius 3 is 2.28 bits per heavy atom. The summed E-state index contributed by atoms with van der Waals surface area (Å²) >= 11 is 0. The van der Waals surface area contributed by atoms with Crippen LogP contribution in [-0.2, 0) is 37.1 Å². The number of hydrogen-bond donors (Lipinski definition) is 6. The normalized spacial score (nSPS) is 12.4. The summed E-state index contributed by atoms with van der Waals surface area (Å²) in [6.07, 6.45) is 2.02. The molecule has 0 saturated heterocycles. The van der Waals surface area contributed by atoms with Crippen molar-refractivity contribution in [3.63, 3.8) is 0 Å². The van der Waals surface area contributed by atoms with E-state index < -0.39 is 49.1 Å². The number of nitrogens with one attached hydrogen (secondary N) is 3. The lowest BCUT2D eigenvalue weighted by Crippen LogP contribution is -2.51. The van der Waals surface area contributed by atoms with Crippen molar-refractivity contribution in [1.82, 2.24) is 30.9 Å². The zero-order valence-corrected chi connectivity index (χ0v) is 19.5. The van der Waals surface area contributed by atoms with E-state index >= 15 is 0 Å². The highest BCUT2D eigenvalue weighted by atomic mass is 19.1. The molecule has 1 rings (SSSR count). The maximum atomic E-state index is 12.0. The quantitative estimate of drug-likeness (QED) is 0.128. The van der Waals surface area contributed by atoms with Gasteiger partial charge >= 0.3 is 23.9 Å². The summed E-state index contributed by atoms with van der Waals surface area (Å²) in [4.78, 5) is 57.0. The summed E-state index contributed by atoms with van der Waals surface area (Å²) in [5.74, 6) is -4.24. The van der Waals surface area contributed by atoms with Gasteiger partial charge in [0, 0.05) is 25.8 Å². The number of hydrogen-bond acceptors (Lipinski definition) is 8. The van der Waals surface area contributed by atoms with Gasteiger partial charge in [0.25, 0.3) is 0 Å². The number of aromatic nitrogens is 3. The fourth-order valence-electron chi connectivity index (χ4n) is 2.90. The number of aryl methyl sites for hydroxylation is 1. The van der Waals surface area contributed by atoms with Crippen molar-refractivity contribution in [2.45, 2.75) is 63.8 Å². The van der Waals surface area contributed by atoms with E-state index in [2.05, 4.69) is 20.9 Å². The van der Waals surface area contributed by atoms with Crippen molar-refractivity contribution in [3.05, 3.63) is 11.9 Å². The zero-order chi connectivity index (χ0) is 26.9. The molecule has 0 bridgehead atoms. The minimum atomic E-state index is -1.48. The molecule has 1 heterocycles. The van der Waals surface area contributed by atoms with Crippen molar-refractivity contribution >= 4 is 29.8 Å². The van der Waals surface area contributed by atoms with Gasteiger partial charge in [0.1, 0.15) is 25.5 Å². The van der Waals surface area contributed by atoms with Gasteiger partial charge in [-0.25, -0.2) is 23.5 Å². The van der Waals surface area contributed by atoms with Crippen molar-refractivity contribution in [2.24, 2.45) is 0 Å². The molecule has 202 valence electrons. The van der Waals surface area contributed by atoms with Crippen LogP contribution in [0.25, 0.3) is 0 Å². The number of alkyl halides is 1. The number of amides is 3. The van der Waals surface area contributed by atoms with Crippen LogP contribution in [0.3, 0.4) is 0 Å². The third-order valence-corrected chi connectivity index (χ3v) is 4.73. The predicted octanol–water partition coefficient (Wildman–Crippen LogP) is -0.489. The monoisotopic (exact) mass is 518 g/mol. The lowest BCUT2D eigenvalue weighted by Gasteiger charge is -2.18. The van der Waals surface area contributed by atoms with Crippen LogP contribution in [0.4, 0.5) is 9.18 Å². The van der Waals surface area contributed by atoms with Crippen LogP contribution in [0.1, 0.15) is 44.2 Å². The second-order valence-corrected chi connectivity index (χ2v) is 7.65. The first kappa shape index (κ1) is 30.2. The Balaban J connectivity index is 2.29. The topological polar surface area (TPSA) is 222 Å². The molecular weight excluding hydrogens is 487 g/mol. The molecule has 3 amide bonds. The lowest BCUT2D eigenvalue weighted by molar-refractivity contribution is -0.140. The third kappa shape index (κ3) is 13.2. The number of ether oxygens (including phenoxy) is 1. The first-order valence-electron chi connectivity index (χ1n) is 11.2. The van der Waals surface area contributed by atoms with Gasteiger partial charge in [-0.2, -0.15) is 0 Å². The van der Waals surface area contributed by atoms with E-state index in [1.165, 1.54) is 4.68 Å². The van der Waals surface area contributed by atoms with Crippen LogP contribution in [0.5, 0.6) is 0 Å². The molecule has 0 aliphatic rings. The molecule has 0 fully saturated rings. The molecule has 0 aliphatic heterocycles. The van der Waals surface area contributed by atoms with Crippen molar-refractivity contribution < 1.29 is 48.4 Å².